The molecule has 1 atom stereocenters. The van der Waals surface area contributed by atoms with Crippen molar-refractivity contribution in [2.24, 2.45) is 0 Å². The number of hydrogen-bond acceptors (Lipinski definition) is 4. The summed E-state index contributed by atoms with van der Waals surface area (Å²) in [5.74, 6) is 0. The molecule has 1 aromatic carbocycles. The Morgan fingerprint density at radius 1 is 1.27 bits per heavy atom. The Balaban J connectivity index is 2.05. The maximum absolute atomic E-state index is 11.2. The summed E-state index contributed by atoms with van der Waals surface area (Å²) < 4.78 is 6.52. The number of carbonyl (C=O) groups is 1. The maximum atomic E-state index is 11.2. The molecule has 0 spiro atoms. The molecule has 22 heavy (non-hydrogen) atoms. The van der Waals surface area contributed by atoms with E-state index in [2.05, 4.69) is 41.2 Å². The lowest BCUT2D eigenvalue weighted by Gasteiger charge is -2.15. The first-order valence-electron chi connectivity index (χ1n) is 7.25. The molecule has 2 aromatic rings. The van der Waals surface area contributed by atoms with Gasteiger partial charge in [0, 0.05) is 29.2 Å². The zero-order valence-electron chi connectivity index (χ0n) is 13.3. The molecule has 0 saturated heterocycles. The Labute approximate surface area is 130 Å². The monoisotopic (exact) mass is 302 g/mol. The third-order valence-electron chi connectivity index (χ3n) is 3.33. The lowest BCUT2D eigenvalue weighted by atomic mass is 10.1. The standard InChI is InChI=1S/C16H22N4O2/c1-11(2)20-10-13(9-17-20)12(3)18-14-6-5-7-15(8-14)19-16(21)22-4/h5-12,18H,1-4H3,(H,19,21)/t12-/m0/s1. The zero-order valence-corrected chi connectivity index (χ0v) is 13.3. The maximum Gasteiger partial charge on any atom is 0.411 e. The lowest BCUT2D eigenvalue weighted by Crippen LogP contribution is -2.11. The minimum atomic E-state index is -0.483. The first-order valence-corrected chi connectivity index (χ1v) is 7.25. The number of nitrogens with zero attached hydrogens (tertiary/aromatic N) is 2. The van der Waals surface area contributed by atoms with Crippen LogP contribution in [-0.4, -0.2) is 23.0 Å². The Bertz CT molecular complexity index is 637. The molecule has 0 unspecified atom stereocenters. The van der Waals surface area contributed by atoms with Gasteiger partial charge < -0.3 is 10.1 Å². The highest BCUT2D eigenvalue weighted by molar-refractivity contribution is 5.85. The topological polar surface area (TPSA) is 68.2 Å². The molecular formula is C16H22N4O2. The molecule has 0 saturated carbocycles. The minimum Gasteiger partial charge on any atom is -0.453 e. The molecule has 0 aliphatic carbocycles. The summed E-state index contributed by atoms with van der Waals surface area (Å²) in [6, 6.07) is 7.95. The van der Waals surface area contributed by atoms with Crippen LogP contribution < -0.4 is 10.6 Å². The minimum absolute atomic E-state index is 0.112. The highest BCUT2D eigenvalue weighted by Crippen LogP contribution is 2.22. The molecule has 6 heteroatoms. The lowest BCUT2D eigenvalue weighted by molar-refractivity contribution is 0.187. The van der Waals surface area contributed by atoms with E-state index in [1.165, 1.54) is 7.11 Å². The van der Waals surface area contributed by atoms with Gasteiger partial charge in [-0.15, -0.1) is 0 Å². The molecule has 118 valence electrons. The van der Waals surface area contributed by atoms with E-state index in [0.717, 1.165) is 11.3 Å². The van der Waals surface area contributed by atoms with Crippen LogP contribution in [0.2, 0.25) is 0 Å². The van der Waals surface area contributed by atoms with Crippen molar-refractivity contribution in [3.8, 4) is 0 Å². The fraction of sp³-hybridized carbons (Fsp3) is 0.375. The van der Waals surface area contributed by atoms with Crippen LogP contribution in [0.5, 0.6) is 0 Å². The predicted octanol–water partition coefficient (Wildman–Crippen LogP) is 3.82. The number of carbonyl (C=O) groups excluding carboxylic acids is 1. The van der Waals surface area contributed by atoms with Crippen LogP contribution in [0.1, 0.15) is 38.4 Å². The van der Waals surface area contributed by atoms with Crippen molar-refractivity contribution in [1.82, 2.24) is 9.78 Å². The van der Waals surface area contributed by atoms with Gasteiger partial charge in [-0.05, 0) is 39.0 Å². The predicted molar refractivity (Wildman–Crippen MR) is 87.1 cm³/mol. The number of nitrogens with one attached hydrogen (secondary N) is 2. The van der Waals surface area contributed by atoms with Gasteiger partial charge in [-0.25, -0.2) is 4.79 Å². The molecule has 0 fully saturated rings. The average Bonchev–Trinajstić information content (AvgIpc) is 2.97. The van der Waals surface area contributed by atoms with E-state index in [-0.39, 0.29) is 6.04 Å². The second-order valence-corrected chi connectivity index (χ2v) is 5.41. The summed E-state index contributed by atoms with van der Waals surface area (Å²) in [6.07, 6.45) is 3.43. The summed E-state index contributed by atoms with van der Waals surface area (Å²) in [5, 5.41) is 10.4. The van der Waals surface area contributed by atoms with Crippen LogP contribution in [-0.2, 0) is 4.74 Å². The van der Waals surface area contributed by atoms with Crippen LogP contribution in [0.25, 0.3) is 0 Å². The number of benzene rings is 1. The van der Waals surface area contributed by atoms with E-state index in [0.29, 0.717) is 11.7 Å². The SMILES string of the molecule is COC(=O)Nc1cccc(N[C@@H](C)c2cnn(C(C)C)c2)c1. The van der Waals surface area contributed by atoms with Crippen LogP contribution in [0.4, 0.5) is 16.2 Å². The fourth-order valence-corrected chi connectivity index (χ4v) is 2.05. The Kier molecular flexibility index (Phi) is 5.04. The van der Waals surface area contributed by atoms with Crippen molar-refractivity contribution in [3.63, 3.8) is 0 Å². The van der Waals surface area contributed by atoms with Crippen molar-refractivity contribution in [2.45, 2.75) is 32.9 Å². The van der Waals surface area contributed by atoms with Gasteiger partial charge >= 0.3 is 6.09 Å². The third-order valence-corrected chi connectivity index (χ3v) is 3.33. The summed E-state index contributed by atoms with van der Waals surface area (Å²) >= 11 is 0. The smallest absolute Gasteiger partial charge is 0.411 e. The molecule has 0 radical (unpaired) electrons. The second kappa shape index (κ2) is 6.98. The molecular weight excluding hydrogens is 280 g/mol. The summed E-state index contributed by atoms with van der Waals surface area (Å²) in [4.78, 5) is 11.2. The van der Waals surface area contributed by atoms with Gasteiger partial charge in [-0.3, -0.25) is 10.00 Å². The molecule has 0 bridgehead atoms. The van der Waals surface area contributed by atoms with Gasteiger partial charge in [0.1, 0.15) is 0 Å². The van der Waals surface area contributed by atoms with E-state index in [1.54, 1.807) is 0 Å². The molecule has 6 nitrogen and oxygen atoms in total. The van der Waals surface area contributed by atoms with E-state index in [9.17, 15) is 4.79 Å². The van der Waals surface area contributed by atoms with Gasteiger partial charge in [-0.2, -0.15) is 5.10 Å². The highest BCUT2D eigenvalue weighted by Gasteiger charge is 2.10. The number of methoxy groups -OCH3 is 1. The Morgan fingerprint density at radius 3 is 2.64 bits per heavy atom. The van der Waals surface area contributed by atoms with Gasteiger partial charge in [0.2, 0.25) is 0 Å². The Hall–Kier alpha value is -2.50. The Morgan fingerprint density at radius 2 is 2.00 bits per heavy atom. The van der Waals surface area contributed by atoms with E-state index < -0.39 is 6.09 Å². The zero-order chi connectivity index (χ0) is 16.1. The first-order chi connectivity index (χ1) is 10.5. The van der Waals surface area contributed by atoms with E-state index in [1.807, 2.05) is 41.3 Å². The van der Waals surface area contributed by atoms with Crippen molar-refractivity contribution in [3.05, 3.63) is 42.2 Å². The van der Waals surface area contributed by atoms with Crippen LogP contribution in [0, 0.1) is 0 Å². The van der Waals surface area contributed by atoms with Crippen molar-refractivity contribution < 1.29 is 9.53 Å². The molecule has 0 aliphatic rings. The van der Waals surface area contributed by atoms with Gasteiger partial charge in [0.05, 0.1) is 19.3 Å². The second-order valence-electron chi connectivity index (χ2n) is 5.41. The van der Waals surface area contributed by atoms with E-state index in [4.69, 9.17) is 0 Å². The summed E-state index contributed by atoms with van der Waals surface area (Å²) in [5.41, 5.74) is 2.71. The van der Waals surface area contributed by atoms with Gasteiger partial charge in [0.25, 0.3) is 0 Å². The molecule has 2 N–H and O–H groups in total. The van der Waals surface area contributed by atoms with Crippen molar-refractivity contribution in [1.29, 1.82) is 0 Å². The van der Waals surface area contributed by atoms with Gasteiger partial charge in [0.15, 0.2) is 0 Å². The van der Waals surface area contributed by atoms with Crippen LogP contribution in [0.15, 0.2) is 36.7 Å². The highest BCUT2D eigenvalue weighted by atomic mass is 16.5. The molecule has 1 heterocycles. The molecule has 1 amide bonds. The number of aromatic nitrogens is 2. The summed E-state index contributed by atoms with van der Waals surface area (Å²) in [6.45, 7) is 6.26. The third kappa shape index (κ3) is 4.00. The fourth-order valence-electron chi connectivity index (χ4n) is 2.05. The largest absolute Gasteiger partial charge is 0.453 e. The van der Waals surface area contributed by atoms with Crippen molar-refractivity contribution >= 4 is 17.5 Å². The number of rotatable bonds is 5. The van der Waals surface area contributed by atoms with Crippen LogP contribution in [0.3, 0.4) is 0 Å². The van der Waals surface area contributed by atoms with Crippen LogP contribution >= 0.6 is 0 Å². The first kappa shape index (κ1) is 15.9. The quantitative estimate of drug-likeness (QED) is 0.881. The molecule has 2 rings (SSSR count). The number of anilines is 2. The van der Waals surface area contributed by atoms with Crippen molar-refractivity contribution in [2.75, 3.05) is 17.7 Å². The van der Waals surface area contributed by atoms with Gasteiger partial charge in [-0.1, -0.05) is 6.07 Å². The average molecular weight is 302 g/mol. The number of hydrogen-bond donors (Lipinski definition) is 2. The normalized spacial score (nSPS) is 12.0. The number of ether oxygens (including phenoxy) is 1. The number of amides is 1. The van der Waals surface area contributed by atoms with E-state index >= 15 is 0 Å². The molecule has 1 aromatic heterocycles. The summed E-state index contributed by atoms with van der Waals surface area (Å²) in [7, 11) is 1.34. The molecule has 0 aliphatic heterocycles.